The number of likely N-dealkylation sites (N-methyl/N-ethyl adjacent to an activating group) is 2. The molecule has 0 N–H and O–H groups in total. The first-order valence-corrected chi connectivity index (χ1v) is 27.0. The fraction of sp³-hybridized carbons (Fsp3) is 0.433. The topological polar surface area (TPSA) is 131 Å². The van der Waals surface area contributed by atoms with Crippen LogP contribution in [0.4, 0.5) is 0 Å². The lowest BCUT2D eigenvalue weighted by Crippen LogP contribution is -2.27. The standard InChI is InChI=1S/C31H37N3O5.C29H33N3O5/c1-4-33(5-2)12-14-36-28-19-25-24(18-26(28)35-3)22-9-8-21-16-27-29(39-20-38-27)17-23(21)30(22)32-31(25)37-15-13-34-10-6-7-11-34;1-31(2)10-12-34-26-17-23-22(16-24(26)33-3)20-7-6-19-14-25-27(37-18-36-25)15-21(19)28(20)30-29(23)35-13-11-32-8-4-5-9-32/h8-9,16-19H,4-7,10-15,20H2,1-3H3;6-7,14-17H,4-5,8-13,18H2,1-3H3. The molecule has 2 fully saturated rings. The third kappa shape index (κ3) is 10.7. The molecule has 4 aliphatic rings. The lowest BCUT2D eigenvalue weighted by atomic mass is 10.0. The van der Waals surface area contributed by atoms with E-state index in [1.807, 2.05) is 56.6 Å². The molecule has 76 heavy (non-hydrogen) atoms. The zero-order valence-corrected chi connectivity index (χ0v) is 44.8. The Labute approximate surface area is 444 Å². The van der Waals surface area contributed by atoms with Gasteiger partial charge < -0.3 is 57.2 Å². The summed E-state index contributed by atoms with van der Waals surface area (Å²) in [5.74, 6) is 6.98. The van der Waals surface area contributed by atoms with Crippen molar-refractivity contribution in [2.24, 2.45) is 0 Å². The Hall–Kier alpha value is -6.98. The maximum atomic E-state index is 6.42. The third-order valence-corrected chi connectivity index (χ3v) is 15.1. The van der Waals surface area contributed by atoms with Gasteiger partial charge in [-0.1, -0.05) is 38.1 Å². The zero-order valence-electron chi connectivity index (χ0n) is 44.8. The second kappa shape index (κ2) is 23.1. The molecular formula is C60H70N6O10. The number of fused-ring (bicyclic) bond motifs is 12. The van der Waals surface area contributed by atoms with Crippen molar-refractivity contribution in [2.45, 2.75) is 39.5 Å². The molecule has 0 aliphatic carbocycles. The first-order chi connectivity index (χ1) is 37.3. The van der Waals surface area contributed by atoms with Crippen LogP contribution in [0.3, 0.4) is 0 Å². The van der Waals surface area contributed by atoms with Gasteiger partial charge in [0.2, 0.25) is 25.3 Å². The first kappa shape index (κ1) is 51.1. The molecule has 0 unspecified atom stereocenters. The van der Waals surface area contributed by atoms with E-state index in [4.69, 9.17) is 57.3 Å². The summed E-state index contributed by atoms with van der Waals surface area (Å²) in [6, 6.07) is 24.6. The van der Waals surface area contributed by atoms with Crippen LogP contribution >= 0.6 is 0 Å². The molecule has 2 aromatic heterocycles. The number of benzene rings is 6. The van der Waals surface area contributed by atoms with Crippen LogP contribution in [0.2, 0.25) is 0 Å². The van der Waals surface area contributed by atoms with Crippen molar-refractivity contribution >= 4 is 64.9 Å². The van der Waals surface area contributed by atoms with Crippen molar-refractivity contribution in [3.63, 3.8) is 0 Å². The molecule has 0 atom stereocenters. The van der Waals surface area contributed by atoms with Gasteiger partial charge in [0.25, 0.3) is 0 Å². The first-order valence-electron chi connectivity index (χ1n) is 27.0. The predicted octanol–water partition coefficient (Wildman–Crippen LogP) is 10.2. The number of likely N-dealkylation sites (tertiary alicyclic amines) is 2. The summed E-state index contributed by atoms with van der Waals surface area (Å²) in [5.41, 5.74) is 1.73. The van der Waals surface area contributed by atoms with Crippen molar-refractivity contribution < 1.29 is 47.4 Å². The number of ether oxygens (including phenoxy) is 10. The van der Waals surface area contributed by atoms with Crippen LogP contribution in [-0.2, 0) is 0 Å². The highest BCUT2D eigenvalue weighted by Gasteiger charge is 2.23. The number of aromatic nitrogens is 2. The van der Waals surface area contributed by atoms with Crippen molar-refractivity contribution in [3.05, 3.63) is 72.8 Å². The number of hydrogen-bond donors (Lipinski definition) is 0. The van der Waals surface area contributed by atoms with E-state index < -0.39 is 0 Å². The van der Waals surface area contributed by atoms with E-state index >= 15 is 0 Å². The molecule has 0 spiro atoms. The summed E-state index contributed by atoms with van der Waals surface area (Å²) in [5, 5.41) is 9.99. The lowest BCUT2D eigenvalue weighted by Gasteiger charge is -2.20. The lowest BCUT2D eigenvalue weighted by molar-refractivity contribution is 0.173. The number of hydrogen-bond acceptors (Lipinski definition) is 16. The molecule has 6 heterocycles. The minimum Gasteiger partial charge on any atom is -0.493 e. The number of methoxy groups -OCH3 is 2. The summed E-state index contributed by atoms with van der Waals surface area (Å²) < 4.78 is 59.3. The van der Waals surface area contributed by atoms with E-state index in [2.05, 4.69) is 63.8 Å². The Kier molecular flexibility index (Phi) is 15.5. The average molecular weight is 1040 g/mol. The van der Waals surface area contributed by atoms with E-state index in [1.165, 1.54) is 25.7 Å². The quantitative estimate of drug-likeness (QED) is 0.0671. The van der Waals surface area contributed by atoms with E-state index in [0.29, 0.717) is 61.2 Å². The van der Waals surface area contributed by atoms with Gasteiger partial charge in [-0.15, -0.1) is 0 Å². The summed E-state index contributed by atoms with van der Waals surface area (Å²) in [6.07, 6.45) is 5.03. The average Bonchev–Trinajstić information content (AvgIpc) is 4.32. The fourth-order valence-electron chi connectivity index (χ4n) is 10.8. The third-order valence-electron chi connectivity index (χ3n) is 15.1. The van der Waals surface area contributed by atoms with Crippen LogP contribution in [0.25, 0.3) is 64.9 Å². The number of rotatable bonds is 20. The molecule has 0 amide bonds. The molecule has 0 saturated carbocycles. The SMILES string of the molecule is CCN(CC)CCOc1cc2c(OCCN3CCCC3)nc3c4cc5c(cc4ccc3c2cc1OC)OCO5.COc1cc2c(cc1OCCN(C)C)c(OCCN1CCCC1)nc1c3cc4c(cc3ccc21)OCO4. The van der Waals surface area contributed by atoms with Crippen molar-refractivity contribution in [1.82, 2.24) is 29.6 Å². The van der Waals surface area contributed by atoms with Gasteiger partial charge in [-0.3, -0.25) is 9.80 Å². The molecule has 0 radical (unpaired) electrons. The second-order valence-electron chi connectivity index (χ2n) is 20.0. The van der Waals surface area contributed by atoms with E-state index in [-0.39, 0.29) is 13.6 Å². The normalized spacial score (nSPS) is 15.3. The molecule has 12 rings (SSSR count). The second-order valence-corrected chi connectivity index (χ2v) is 20.0. The molecule has 2 saturated heterocycles. The Bertz CT molecular complexity index is 3380. The summed E-state index contributed by atoms with van der Waals surface area (Å²) in [6.45, 7) is 17.0. The summed E-state index contributed by atoms with van der Waals surface area (Å²) >= 11 is 0. The highest BCUT2D eigenvalue weighted by Crippen LogP contribution is 2.46. The molecule has 16 heteroatoms. The van der Waals surface area contributed by atoms with Gasteiger partial charge in [0.15, 0.2) is 46.0 Å². The van der Waals surface area contributed by atoms with Gasteiger partial charge in [0.05, 0.1) is 25.3 Å². The summed E-state index contributed by atoms with van der Waals surface area (Å²) in [7, 11) is 7.42. The maximum Gasteiger partial charge on any atom is 0.231 e. The van der Waals surface area contributed by atoms with Crippen LogP contribution < -0.4 is 47.4 Å². The van der Waals surface area contributed by atoms with Gasteiger partial charge in [0, 0.05) is 69.3 Å². The predicted molar refractivity (Wildman–Crippen MR) is 299 cm³/mol. The minimum atomic E-state index is 0.235. The maximum absolute atomic E-state index is 6.42. The van der Waals surface area contributed by atoms with Crippen molar-refractivity contribution in [3.8, 4) is 57.8 Å². The smallest absolute Gasteiger partial charge is 0.231 e. The van der Waals surface area contributed by atoms with Gasteiger partial charge in [-0.2, -0.15) is 0 Å². The van der Waals surface area contributed by atoms with E-state index in [1.54, 1.807) is 14.2 Å². The monoisotopic (exact) mass is 1030 g/mol. The number of nitrogens with zero attached hydrogens (tertiary/aromatic N) is 6. The van der Waals surface area contributed by atoms with Gasteiger partial charge in [-0.25, -0.2) is 9.97 Å². The van der Waals surface area contributed by atoms with Crippen LogP contribution in [0.5, 0.6) is 57.8 Å². The van der Waals surface area contributed by atoms with E-state index in [0.717, 1.165) is 153 Å². The Morgan fingerprint density at radius 2 is 0.882 bits per heavy atom. The number of pyridine rings is 2. The zero-order chi connectivity index (χ0) is 52.1. The summed E-state index contributed by atoms with van der Waals surface area (Å²) in [4.78, 5) is 19.5. The van der Waals surface area contributed by atoms with Gasteiger partial charge in [0.1, 0.15) is 26.4 Å². The Morgan fingerprint density at radius 3 is 1.30 bits per heavy atom. The molecule has 4 aliphatic heterocycles. The van der Waals surface area contributed by atoms with Gasteiger partial charge in [-0.05, 0) is 138 Å². The highest BCUT2D eigenvalue weighted by atomic mass is 16.7. The van der Waals surface area contributed by atoms with Crippen LogP contribution in [0, 0.1) is 0 Å². The molecule has 400 valence electrons. The largest absolute Gasteiger partial charge is 0.493 e. The van der Waals surface area contributed by atoms with Gasteiger partial charge >= 0.3 is 0 Å². The molecule has 16 nitrogen and oxygen atoms in total. The molecular weight excluding hydrogens is 965 g/mol. The molecule has 6 aromatic carbocycles. The van der Waals surface area contributed by atoms with Crippen LogP contribution in [-0.4, -0.2) is 163 Å². The van der Waals surface area contributed by atoms with Crippen molar-refractivity contribution in [2.75, 3.05) is 134 Å². The highest BCUT2D eigenvalue weighted by molar-refractivity contribution is 6.18. The van der Waals surface area contributed by atoms with E-state index in [9.17, 15) is 0 Å². The fourth-order valence-corrected chi connectivity index (χ4v) is 10.8. The molecule has 8 aromatic rings. The Balaban J connectivity index is 0.000000162. The van der Waals surface area contributed by atoms with Crippen LogP contribution in [0.1, 0.15) is 39.5 Å². The molecule has 0 bridgehead atoms. The van der Waals surface area contributed by atoms with Crippen molar-refractivity contribution in [1.29, 1.82) is 0 Å². The van der Waals surface area contributed by atoms with Crippen LogP contribution in [0.15, 0.2) is 72.8 Å². The minimum absolute atomic E-state index is 0.235. The Morgan fingerprint density at radius 1 is 0.461 bits per heavy atom.